The Kier molecular flexibility index (Phi) is 3.92. The Morgan fingerprint density at radius 3 is 2.62 bits per heavy atom. The molecule has 1 aromatic carbocycles. The summed E-state index contributed by atoms with van der Waals surface area (Å²) >= 11 is 0. The van der Waals surface area contributed by atoms with Gasteiger partial charge < -0.3 is 9.15 Å². The van der Waals surface area contributed by atoms with Crippen molar-refractivity contribution in [1.82, 2.24) is 15.1 Å². The van der Waals surface area contributed by atoms with Crippen LogP contribution in [0.15, 0.2) is 28.7 Å². The summed E-state index contributed by atoms with van der Waals surface area (Å²) in [5.74, 6) is 2.87. The summed E-state index contributed by atoms with van der Waals surface area (Å²) < 4.78 is 10.9. The number of benzene rings is 1. The zero-order valence-corrected chi connectivity index (χ0v) is 12.7. The van der Waals surface area contributed by atoms with Gasteiger partial charge in [-0.2, -0.15) is 0 Å². The molecule has 1 aromatic heterocycles. The van der Waals surface area contributed by atoms with E-state index in [2.05, 4.69) is 29.1 Å². The molecule has 5 nitrogen and oxygen atoms in total. The topological polar surface area (TPSA) is 51.4 Å². The normalized spacial score (nSPS) is 16.2. The van der Waals surface area contributed by atoms with Crippen LogP contribution < -0.4 is 4.74 Å². The van der Waals surface area contributed by atoms with Crippen molar-refractivity contribution in [2.24, 2.45) is 5.92 Å². The number of hydrogen-bond donors (Lipinski definition) is 0. The molecule has 0 N–H and O–H groups in total. The van der Waals surface area contributed by atoms with Crippen molar-refractivity contribution in [2.75, 3.05) is 14.2 Å². The molecule has 112 valence electrons. The summed E-state index contributed by atoms with van der Waals surface area (Å²) in [5, 5.41) is 8.28. The maximum Gasteiger partial charge on any atom is 0.247 e. The van der Waals surface area contributed by atoms with Crippen LogP contribution in [-0.2, 0) is 6.54 Å². The van der Waals surface area contributed by atoms with Crippen LogP contribution in [0, 0.1) is 5.92 Å². The van der Waals surface area contributed by atoms with Crippen molar-refractivity contribution in [1.29, 1.82) is 0 Å². The maximum absolute atomic E-state index is 5.76. The van der Waals surface area contributed by atoms with Crippen LogP contribution >= 0.6 is 0 Å². The third-order valence-corrected chi connectivity index (χ3v) is 4.19. The first-order valence-corrected chi connectivity index (χ1v) is 7.34. The fourth-order valence-corrected chi connectivity index (χ4v) is 2.46. The minimum absolute atomic E-state index is 0.556. The van der Waals surface area contributed by atoms with Gasteiger partial charge in [0.05, 0.1) is 13.7 Å². The smallest absolute Gasteiger partial charge is 0.247 e. The van der Waals surface area contributed by atoms with Crippen LogP contribution in [0.4, 0.5) is 0 Å². The summed E-state index contributed by atoms with van der Waals surface area (Å²) in [5.41, 5.74) is 0.910. The molecule has 0 spiro atoms. The lowest BCUT2D eigenvalue weighted by atomic mass is 10.2. The van der Waals surface area contributed by atoms with Crippen molar-refractivity contribution in [2.45, 2.75) is 32.4 Å². The van der Waals surface area contributed by atoms with Crippen LogP contribution in [0.1, 0.15) is 25.7 Å². The van der Waals surface area contributed by atoms with Gasteiger partial charge in [0, 0.05) is 11.6 Å². The number of hydrogen-bond acceptors (Lipinski definition) is 5. The molecule has 1 aliphatic carbocycles. The number of rotatable bonds is 6. The molecule has 1 aliphatic rings. The van der Waals surface area contributed by atoms with Crippen LogP contribution in [0.3, 0.4) is 0 Å². The molecule has 0 radical (unpaired) electrons. The average Bonchev–Trinajstić information content (AvgIpc) is 3.26. The van der Waals surface area contributed by atoms with Gasteiger partial charge in [-0.25, -0.2) is 0 Å². The fourth-order valence-electron chi connectivity index (χ4n) is 2.46. The summed E-state index contributed by atoms with van der Waals surface area (Å²) in [6.07, 6.45) is 2.68. The third-order valence-electron chi connectivity index (χ3n) is 4.19. The molecule has 1 fully saturated rings. The van der Waals surface area contributed by atoms with Crippen molar-refractivity contribution in [3.05, 3.63) is 30.2 Å². The minimum atomic E-state index is 0.556. The molecule has 1 unspecified atom stereocenters. The Balaban J connectivity index is 1.67. The molecule has 0 amide bonds. The Hall–Kier alpha value is -1.88. The van der Waals surface area contributed by atoms with E-state index >= 15 is 0 Å². The predicted octanol–water partition coefficient (Wildman–Crippen LogP) is 2.98. The summed E-state index contributed by atoms with van der Waals surface area (Å²) in [7, 11) is 3.76. The molecule has 21 heavy (non-hydrogen) atoms. The van der Waals surface area contributed by atoms with Gasteiger partial charge >= 0.3 is 0 Å². The van der Waals surface area contributed by atoms with Gasteiger partial charge in [-0.3, -0.25) is 4.90 Å². The molecule has 3 rings (SSSR count). The van der Waals surface area contributed by atoms with Gasteiger partial charge in [0.2, 0.25) is 11.8 Å². The van der Waals surface area contributed by atoms with E-state index in [1.165, 1.54) is 12.8 Å². The minimum Gasteiger partial charge on any atom is -0.497 e. The standard InChI is InChI=1S/C16H21N3O2/c1-11(12-4-5-12)19(2)10-15-17-18-16(21-15)13-6-8-14(20-3)9-7-13/h6-9,11-12H,4-5,10H2,1-3H3. The molecule has 2 aromatic rings. The van der Waals surface area contributed by atoms with E-state index in [-0.39, 0.29) is 0 Å². The third kappa shape index (κ3) is 3.24. The van der Waals surface area contributed by atoms with Gasteiger partial charge in [-0.1, -0.05) is 0 Å². The zero-order valence-electron chi connectivity index (χ0n) is 12.7. The van der Waals surface area contributed by atoms with E-state index in [4.69, 9.17) is 9.15 Å². The SMILES string of the molecule is COc1ccc(-c2nnc(CN(C)C(C)C3CC3)o2)cc1. The van der Waals surface area contributed by atoms with Gasteiger partial charge in [-0.05, 0) is 57.0 Å². The lowest BCUT2D eigenvalue weighted by molar-refractivity contribution is 0.206. The Morgan fingerprint density at radius 2 is 2.00 bits per heavy atom. The molecule has 1 atom stereocenters. The molecule has 0 saturated heterocycles. The largest absolute Gasteiger partial charge is 0.497 e. The van der Waals surface area contributed by atoms with Gasteiger partial charge in [-0.15, -0.1) is 10.2 Å². The quantitative estimate of drug-likeness (QED) is 0.817. The Morgan fingerprint density at radius 1 is 1.29 bits per heavy atom. The Bertz CT molecular complexity index is 590. The van der Waals surface area contributed by atoms with Crippen molar-refractivity contribution >= 4 is 0 Å². The second-order valence-electron chi connectivity index (χ2n) is 5.72. The van der Waals surface area contributed by atoms with E-state index in [9.17, 15) is 0 Å². The second-order valence-corrected chi connectivity index (χ2v) is 5.72. The van der Waals surface area contributed by atoms with Crippen molar-refractivity contribution in [3.8, 4) is 17.2 Å². The lowest BCUT2D eigenvalue weighted by Crippen LogP contribution is -2.30. The average molecular weight is 287 g/mol. The van der Waals surface area contributed by atoms with Gasteiger partial charge in [0.1, 0.15) is 5.75 Å². The number of methoxy groups -OCH3 is 1. The van der Waals surface area contributed by atoms with E-state index in [0.29, 0.717) is 24.4 Å². The highest BCUT2D eigenvalue weighted by atomic mass is 16.5. The fraction of sp³-hybridized carbons (Fsp3) is 0.500. The first-order valence-electron chi connectivity index (χ1n) is 7.34. The number of nitrogens with zero attached hydrogens (tertiary/aromatic N) is 3. The molecular formula is C16H21N3O2. The highest BCUT2D eigenvalue weighted by Crippen LogP contribution is 2.35. The van der Waals surface area contributed by atoms with Crippen molar-refractivity contribution in [3.63, 3.8) is 0 Å². The highest BCUT2D eigenvalue weighted by molar-refractivity contribution is 5.53. The predicted molar refractivity (Wildman–Crippen MR) is 79.9 cm³/mol. The van der Waals surface area contributed by atoms with Crippen LogP contribution in [0.25, 0.3) is 11.5 Å². The lowest BCUT2D eigenvalue weighted by Gasteiger charge is -2.22. The first-order chi connectivity index (χ1) is 10.2. The summed E-state index contributed by atoms with van der Waals surface area (Å²) in [6, 6.07) is 8.20. The van der Waals surface area contributed by atoms with E-state index in [1.807, 2.05) is 24.3 Å². The monoisotopic (exact) mass is 287 g/mol. The molecule has 1 heterocycles. The number of ether oxygens (including phenoxy) is 1. The van der Waals surface area contributed by atoms with Crippen LogP contribution in [0.5, 0.6) is 5.75 Å². The Labute approximate surface area is 124 Å². The van der Waals surface area contributed by atoms with Crippen LogP contribution in [-0.4, -0.2) is 35.3 Å². The first kappa shape index (κ1) is 14.1. The molecule has 0 bridgehead atoms. The summed E-state index contributed by atoms with van der Waals surface area (Å²) in [6.45, 7) is 2.96. The number of aromatic nitrogens is 2. The van der Waals surface area contributed by atoms with E-state index < -0.39 is 0 Å². The molecule has 1 saturated carbocycles. The van der Waals surface area contributed by atoms with Gasteiger partial charge in [0.15, 0.2) is 0 Å². The van der Waals surface area contributed by atoms with Crippen LogP contribution in [0.2, 0.25) is 0 Å². The summed E-state index contributed by atoms with van der Waals surface area (Å²) in [4.78, 5) is 2.28. The maximum atomic E-state index is 5.76. The molecule has 5 heteroatoms. The van der Waals surface area contributed by atoms with E-state index in [1.54, 1.807) is 7.11 Å². The molecule has 0 aliphatic heterocycles. The van der Waals surface area contributed by atoms with Gasteiger partial charge in [0.25, 0.3) is 0 Å². The van der Waals surface area contributed by atoms with Crippen molar-refractivity contribution < 1.29 is 9.15 Å². The molecular weight excluding hydrogens is 266 g/mol. The second kappa shape index (κ2) is 5.85. The highest BCUT2D eigenvalue weighted by Gasteiger charge is 2.30. The zero-order chi connectivity index (χ0) is 14.8. The van der Waals surface area contributed by atoms with E-state index in [0.717, 1.165) is 17.2 Å².